The summed E-state index contributed by atoms with van der Waals surface area (Å²) in [7, 11) is 0. The molecule has 5 rings (SSSR count). The zero-order valence-corrected chi connectivity index (χ0v) is 23.9. The number of likely N-dealkylation sites (tertiary alicyclic amines) is 1. The van der Waals surface area contributed by atoms with Crippen molar-refractivity contribution in [1.29, 1.82) is 0 Å². The molecule has 2 heterocycles. The number of aliphatic hydroxyl groups excluding tert-OH is 1. The molecular formula is C34H35N3O5. The minimum absolute atomic E-state index is 0.0680. The van der Waals surface area contributed by atoms with Crippen LogP contribution in [0.25, 0.3) is 5.76 Å². The number of ether oxygens (including phenoxy) is 2. The van der Waals surface area contributed by atoms with Crippen LogP contribution in [-0.2, 0) is 22.7 Å². The van der Waals surface area contributed by atoms with Gasteiger partial charge in [-0.3, -0.25) is 9.59 Å². The SMILES string of the molecule is CCCOc1ccc(C2C(=C(O)c3ccc(OCc4ccccc4C)cc3)C(=O)C(=O)N2CCCn2ccnc2)cc1. The van der Waals surface area contributed by atoms with Crippen LogP contribution in [0.1, 0.15) is 48.1 Å². The van der Waals surface area contributed by atoms with E-state index in [1.165, 1.54) is 0 Å². The Balaban J connectivity index is 1.41. The summed E-state index contributed by atoms with van der Waals surface area (Å²) in [5.41, 5.74) is 3.46. The maximum absolute atomic E-state index is 13.4. The molecule has 0 saturated carbocycles. The summed E-state index contributed by atoms with van der Waals surface area (Å²) >= 11 is 0. The van der Waals surface area contributed by atoms with Gasteiger partial charge in [-0.25, -0.2) is 4.98 Å². The number of hydrogen-bond donors (Lipinski definition) is 1. The highest BCUT2D eigenvalue weighted by molar-refractivity contribution is 6.46. The monoisotopic (exact) mass is 565 g/mol. The fourth-order valence-corrected chi connectivity index (χ4v) is 5.06. The van der Waals surface area contributed by atoms with E-state index in [1.807, 2.05) is 73.1 Å². The minimum atomic E-state index is -0.731. The van der Waals surface area contributed by atoms with Gasteiger partial charge in [0.15, 0.2) is 0 Å². The topological polar surface area (TPSA) is 93.9 Å². The van der Waals surface area contributed by atoms with E-state index in [-0.39, 0.29) is 11.3 Å². The first-order valence-electron chi connectivity index (χ1n) is 14.2. The summed E-state index contributed by atoms with van der Waals surface area (Å²) in [6.45, 7) is 6.06. The smallest absolute Gasteiger partial charge is 0.295 e. The average molecular weight is 566 g/mol. The second-order valence-electron chi connectivity index (χ2n) is 10.3. The van der Waals surface area contributed by atoms with E-state index in [0.717, 1.165) is 23.1 Å². The maximum Gasteiger partial charge on any atom is 0.295 e. The Morgan fingerprint density at radius 3 is 2.33 bits per heavy atom. The summed E-state index contributed by atoms with van der Waals surface area (Å²) < 4.78 is 13.6. The van der Waals surface area contributed by atoms with Crippen LogP contribution < -0.4 is 9.47 Å². The average Bonchev–Trinajstić information content (AvgIpc) is 3.62. The predicted octanol–water partition coefficient (Wildman–Crippen LogP) is 6.07. The van der Waals surface area contributed by atoms with E-state index in [9.17, 15) is 14.7 Å². The Labute approximate surface area is 245 Å². The molecule has 0 spiro atoms. The molecule has 0 radical (unpaired) electrons. The third-order valence-corrected chi connectivity index (χ3v) is 7.37. The van der Waals surface area contributed by atoms with Crippen LogP contribution in [0.15, 0.2) is 97.1 Å². The summed E-state index contributed by atoms with van der Waals surface area (Å²) in [5, 5.41) is 11.4. The van der Waals surface area contributed by atoms with Crippen LogP contribution in [0, 0.1) is 6.92 Å². The Morgan fingerprint density at radius 2 is 1.64 bits per heavy atom. The fourth-order valence-electron chi connectivity index (χ4n) is 5.06. The lowest BCUT2D eigenvalue weighted by Crippen LogP contribution is -2.31. The van der Waals surface area contributed by atoms with Crippen molar-refractivity contribution >= 4 is 17.4 Å². The first kappa shape index (κ1) is 28.7. The number of hydrogen-bond acceptors (Lipinski definition) is 6. The Kier molecular flexibility index (Phi) is 9.02. The van der Waals surface area contributed by atoms with Gasteiger partial charge in [0.2, 0.25) is 0 Å². The summed E-state index contributed by atoms with van der Waals surface area (Å²) in [4.78, 5) is 32.3. The van der Waals surface area contributed by atoms with Crippen LogP contribution in [0.5, 0.6) is 11.5 Å². The molecule has 3 aromatic carbocycles. The highest BCUT2D eigenvalue weighted by Gasteiger charge is 2.45. The van der Waals surface area contributed by atoms with E-state index in [2.05, 4.69) is 4.98 Å². The van der Waals surface area contributed by atoms with Crippen LogP contribution in [0.4, 0.5) is 0 Å². The Bertz CT molecular complexity index is 1540. The fraction of sp³-hybridized carbons (Fsp3) is 0.265. The van der Waals surface area contributed by atoms with Crippen LogP contribution >= 0.6 is 0 Å². The van der Waals surface area contributed by atoms with Crippen molar-refractivity contribution in [2.24, 2.45) is 0 Å². The lowest BCUT2D eigenvalue weighted by atomic mass is 9.95. The van der Waals surface area contributed by atoms with Gasteiger partial charge in [0.1, 0.15) is 23.9 Å². The van der Waals surface area contributed by atoms with Gasteiger partial charge in [0.25, 0.3) is 11.7 Å². The Hall–Kier alpha value is -4.85. The van der Waals surface area contributed by atoms with Crippen molar-refractivity contribution in [2.75, 3.05) is 13.2 Å². The lowest BCUT2D eigenvalue weighted by Gasteiger charge is -2.25. The maximum atomic E-state index is 13.4. The Morgan fingerprint density at radius 1 is 0.929 bits per heavy atom. The number of aryl methyl sites for hydroxylation is 2. The molecule has 42 heavy (non-hydrogen) atoms. The van der Waals surface area contributed by atoms with Crippen molar-refractivity contribution in [3.05, 3.63) is 119 Å². The summed E-state index contributed by atoms with van der Waals surface area (Å²) in [6.07, 6.45) is 6.77. The van der Waals surface area contributed by atoms with Crippen molar-refractivity contribution in [3.63, 3.8) is 0 Å². The standard InChI is InChI=1S/C34H35N3O5/c1-3-21-41-28-13-9-25(10-14-28)31-30(33(39)34(40)37(31)19-6-18-36-20-17-35-23-36)32(38)26-11-15-29(16-12-26)42-22-27-8-5-4-7-24(27)2/h4-5,7-17,20,23,31,38H,3,6,18-19,21-22H2,1-2H3. The van der Waals surface area contributed by atoms with E-state index in [4.69, 9.17) is 9.47 Å². The number of rotatable bonds is 12. The van der Waals surface area contributed by atoms with Crippen LogP contribution in [-0.4, -0.2) is 44.4 Å². The van der Waals surface area contributed by atoms with Gasteiger partial charge >= 0.3 is 0 Å². The molecule has 8 heteroatoms. The van der Waals surface area contributed by atoms with Gasteiger partial charge in [0.05, 0.1) is 24.5 Å². The minimum Gasteiger partial charge on any atom is -0.507 e. The number of benzene rings is 3. The molecule has 0 aliphatic carbocycles. The van der Waals surface area contributed by atoms with Gasteiger partial charge in [0, 0.05) is 31.0 Å². The first-order valence-corrected chi connectivity index (χ1v) is 14.2. The number of amides is 1. The van der Waals surface area contributed by atoms with Gasteiger partial charge < -0.3 is 24.0 Å². The predicted molar refractivity (Wildman–Crippen MR) is 160 cm³/mol. The van der Waals surface area contributed by atoms with Crippen molar-refractivity contribution < 1.29 is 24.2 Å². The zero-order chi connectivity index (χ0) is 29.5. The highest BCUT2D eigenvalue weighted by Crippen LogP contribution is 2.40. The molecule has 1 saturated heterocycles. The molecule has 0 bridgehead atoms. The second kappa shape index (κ2) is 13.2. The molecule has 1 aliphatic heterocycles. The number of ketones is 1. The molecule has 1 aliphatic rings. The van der Waals surface area contributed by atoms with E-state index >= 15 is 0 Å². The molecule has 1 atom stereocenters. The molecule has 8 nitrogen and oxygen atoms in total. The number of carbonyl (C=O) groups is 2. The molecule has 1 amide bonds. The third-order valence-electron chi connectivity index (χ3n) is 7.37. The van der Waals surface area contributed by atoms with Crippen LogP contribution in [0.3, 0.4) is 0 Å². The highest BCUT2D eigenvalue weighted by atomic mass is 16.5. The summed E-state index contributed by atoms with van der Waals surface area (Å²) in [6, 6.07) is 21.6. The zero-order valence-electron chi connectivity index (χ0n) is 23.9. The molecule has 216 valence electrons. The summed E-state index contributed by atoms with van der Waals surface area (Å²) in [5.74, 6) is -0.205. The quantitative estimate of drug-likeness (QED) is 0.127. The largest absolute Gasteiger partial charge is 0.507 e. The molecule has 1 N–H and O–H groups in total. The first-order chi connectivity index (χ1) is 20.5. The molecule has 1 unspecified atom stereocenters. The van der Waals surface area contributed by atoms with Crippen molar-refractivity contribution in [2.45, 2.75) is 45.9 Å². The lowest BCUT2D eigenvalue weighted by molar-refractivity contribution is -0.139. The number of carbonyl (C=O) groups excluding carboxylic acids is 2. The number of aliphatic hydroxyl groups is 1. The number of imidazole rings is 1. The number of nitrogens with zero attached hydrogens (tertiary/aromatic N) is 3. The van der Waals surface area contributed by atoms with Gasteiger partial charge in [-0.05, 0) is 72.9 Å². The molecular weight excluding hydrogens is 530 g/mol. The molecule has 4 aromatic rings. The molecule has 1 aromatic heterocycles. The van der Waals surface area contributed by atoms with Gasteiger partial charge in [-0.1, -0.05) is 43.3 Å². The third kappa shape index (κ3) is 6.38. The van der Waals surface area contributed by atoms with Crippen molar-refractivity contribution in [1.82, 2.24) is 14.5 Å². The van der Waals surface area contributed by atoms with Gasteiger partial charge in [-0.15, -0.1) is 0 Å². The second-order valence-corrected chi connectivity index (χ2v) is 10.3. The number of Topliss-reactive ketones (excluding diaryl/α,β-unsaturated/α-hetero) is 1. The van der Waals surface area contributed by atoms with E-state index < -0.39 is 17.7 Å². The molecule has 1 fully saturated rings. The van der Waals surface area contributed by atoms with E-state index in [1.54, 1.807) is 41.7 Å². The van der Waals surface area contributed by atoms with Gasteiger partial charge in [-0.2, -0.15) is 0 Å². The number of aromatic nitrogens is 2. The van der Waals surface area contributed by atoms with Crippen LogP contribution in [0.2, 0.25) is 0 Å². The normalized spacial score (nSPS) is 16.1. The van der Waals surface area contributed by atoms with Crippen molar-refractivity contribution in [3.8, 4) is 11.5 Å². The van der Waals surface area contributed by atoms with E-state index in [0.29, 0.717) is 49.8 Å².